The topological polar surface area (TPSA) is 100 Å². The van der Waals surface area contributed by atoms with E-state index in [1.54, 1.807) is 12.1 Å². The number of hydrogen-bond donors (Lipinski definition) is 4. The third-order valence-electron chi connectivity index (χ3n) is 6.54. The Kier molecular flexibility index (Phi) is 9.01. The minimum Gasteiger partial charge on any atom is -0.488 e. The van der Waals surface area contributed by atoms with E-state index in [2.05, 4.69) is 37.8 Å². The van der Waals surface area contributed by atoms with Crippen LogP contribution in [0.1, 0.15) is 26.2 Å². The van der Waals surface area contributed by atoms with Crippen LogP contribution >= 0.6 is 0 Å². The molecule has 3 aromatic rings. The Hall–Kier alpha value is -3.86. The molecule has 1 amide bonds. The van der Waals surface area contributed by atoms with Gasteiger partial charge in [0.1, 0.15) is 17.9 Å². The molecule has 1 unspecified atom stereocenters. The van der Waals surface area contributed by atoms with Crippen LogP contribution in [-0.4, -0.2) is 48.2 Å². The Balaban J connectivity index is 1.62. The van der Waals surface area contributed by atoms with Crippen LogP contribution in [0.5, 0.6) is 5.75 Å². The van der Waals surface area contributed by atoms with Crippen molar-refractivity contribution in [1.82, 2.24) is 20.6 Å². The molecule has 4 rings (SSSR count). The number of rotatable bonds is 11. The first-order valence-corrected chi connectivity index (χ1v) is 12.6. The zero-order chi connectivity index (χ0) is 27.1. The van der Waals surface area contributed by atoms with Gasteiger partial charge in [-0.15, -0.1) is 0 Å². The number of halogens is 3. The number of ether oxygens (including phenoxy) is 1. The maximum Gasteiger partial charge on any atom is 0.243 e. The summed E-state index contributed by atoms with van der Waals surface area (Å²) in [6, 6.07) is 5.51. The van der Waals surface area contributed by atoms with Gasteiger partial charge in [0, 0.05) is 24.5 Å². The van der Waals surface area contributed by atoms with Gasteiger partial charge in [-0.3, -0.25) is 4.79 Å². The molecule has 1 aliphatic heterocycles. The molecule has 11 heteroatoms. The average Bonchev–Trinajstić information content (AvgIpc) is 2.93. The van der Waals surface area contributed by atoms with Crippen LogP contribution in [0.3, 0.4) is 0 Å². The second-order valence-corrected chi connectivity index (χ2v) is 9.12. The minimum absolute atomic E-state index is 0.0438. The molecule has 1 aromatic heterocycles. The van der Waals surface area contributed by atoms with E-state index in [-0.39, 0.29) is 23.5 Å². The van der Waals surface area contributed by atoms with E-state index in [1.807, 2.05) is 6.92 Å². The fourth-order valence-electron chi connectivity index (χ4n) is 4.37. The molecule has 1 aliphatic rings. The third-order valence-corrected chi connectivity index (χ3v) is 6.54. The molecule has 0 spiro atoms. The number of hydrogen-bond acceptors (Lipinski definition) is 7. The summed E-state index contributed by atoms with van der Waals surface area (Å²) in [5.41, 5.74) is 0.940. The highest BCUT2D eigenvalue weighted by Crippen LogP contribution is 2.35. The quantitative estimate of drug-likeness (QED) is 0.163. The second-order valence-electron chi connectivity index (χ2n) is 9.12. The Morgan fingerprint density at radius 1 is 1.16 bits per heavy atom. The predicted octanol–water partition coefficient (Wildman–Crippen LogP) is 4.66. The molecule has 38 heavy (non-hydrogen) atoms. The average molecular weight is 529 g/mol. The van der Waals surface area contributed by atoms with Crippen molar-refractivity contribution in [3.8, 4) is 5.75 Å². The van der Waals surface area contributed by atoms with Crippen LogP contribution in [-0.2, 0) is 4.79 Å². The lowest BCUT2D eigenvalue weighted by molar-refractivity contribution is -0.116. The molecule has 2 heterocycles. The molecule has 1 saturated heterocycles. The van der Waals surface area contributed by atoms with Crippen LogP contribution in [0.25, 0.3) is 10.9 Å². The molecule has 0 bridgehead atoms. The Bertz CT molecular complexity index is 1300. The van der Waals surface area contributed by atoms with Gasteiger partial charge in [0.15, 0.2) is 17.5 Å². The van der Waals surface area contributed by atoms with E-state index >= 15 is 0 Å². The van der Waals surface area contributed by atoms with Crippen molar-refractivity contribution in [2.45, 2.75) is 32.3 Å². The Labute approximate surface area is 219 Å². The maximum absolute atomic E-state index is 14.3. The number of fused-ring (bicyclic) bond motifs is 1. The fraction of sp³-hybridized carbons (Fsp3) is 0.370. The Morgan fingerprint density at radius 3 is 2.71 bits per heavy atom. The second kappa shape index (κ2) is 12.6. The standard InChI is InChI=1S/C27H31F3N6O2/c1-3-24(37)33-10-4-9-32-22-13-18-21(14-23(22)38-16(2)17-7-11-31-12-8-17)34-15-35-27(18)36-20-6-5-19(28)25(29)26(20)30/h3,5-6,13-17,31-32H,1,4,7-12H2,2H3,(H,33,37)(H,34,35,36). The smallest absolute Gasteiger partial charge is 0.243 e. The van der Waals surface area contributed by atoms with Crippen LogP contribution < -0.4 is 26.0 Å². The molecule has 0 saturated carbocycles. The monoisotopic (exact) mass is 528 g/mol. The molecule has 8 nitrogen and oxygen atoms in total. The van der Waals surface area contributed by atoms with Gasteiger partial charge in [-0.2, -0.15) is 0 Å². The van der Waals surface area contributed by atoms with Gasteiger partial charge in [0.25, 0.3) is 0 Å². The summed E-state index contributed by atoms with van der Waals surface area (Å²) in [5.74, 6) is -3.21. The lowest BCUT2D eigenvalue weighted by Gasteiger charge is -2.29. The van der Waals surface area contributed by atoms with Gasteiger partial charge in [-0.25, -0.2) is 23.1 Å². The minimum atomic E-state index is -1.57. The van der Waals surface area contributed by atoms with Crippen LogP contribution in [0, 0.1) is 23.4 Å². The van der Waals surface area contributed by atoms with E-state index in [9.17, 15) is 18.0 Å². The van der Waals surface area contributed by atoms with E-state index in [1.165, 1.54) is 12.4 Å². The highest BCUT2D eigenvalue weighted by molar-refractivity contribution is 5.95. The number of carbonyl (C=O) groups is 1. The van der Waals surface area contributed by atoms with Crippen molar-refractivity contribution >= 4 is 34.0 Å². The molecule has 4 N–H and O–H groups in total. The summed E-state index contributed by atoms with van der Waals surface area (Å²) in [5, 5.41) is 12.7. The van der Waals surface area contributed by atoms with Crippen molar-refractivity contribution in [1.29, 1.82) is 0 Å². The van der Waals surface area contributed by atoms with Gasteiger partial charge in [-0.1, -0.05) is 6.58 Å². The number of carbonyl (C=O) groups excluding carboxylic acids is 1. The van der Waals surface area contributed by atoms with Gasteiger partial charge in [-0.05, 0) is 69.5 Å². The number of nitrogens with zero attached hydrogens (tertiary/aromatic N) is 2. The number of anilines is 3. The summed E-state index contributed by atoms with van der Waals surface area (Å²) in [6.45, 7) is 8.36. The first kappa shape index (κ1) is 27.2. The highest BCUT2D eigenvalue weighted by Gasteiger charge is 2.23. The predicted molar refractivity (Wildman–Crippen MR) is 141 cm³/mol. The zero-order valence-corrected chi connectivity index (χ0v) is 21.1. The van der Waals surface area contributed by atoms with E-state index in [4.69, 9.17) is 4.74 Å². The first-order chi connectivity index (χ1) is 18.4. The molecule has 202 valence electrons. The summed E-state index contributed by atoms with van der Waals surface area (Å²) >= 11 is 0. The third kappa shape index (κ3) is 6.52. The summed E-state index contributed by atoms with van der Waals surface area (Å²) in [7, 11) is 0. The maximum atomic E-state index is 14.3. The number of amides is 1. The number of piperidine rings is 1. The molecular formula is C27H31F3N6O2. The first-order valence-electron chi connectivity index (χ1n) is 12.6. The zero-order valence-electron chi connectivity index (χ0n) is 21.1. The Morgan fingerprint density at radius 2 is 1.95 bits per heavy atom. The molecule has 1 fully saturated rings. The lowest BCUT2D eigenvalue weighted by Crippen LogP contribution is -2.35. The van der Waals surface area contributed by atoms with Crippen molar-refractivity contribution in [3.63, 3.8) is 0 Å². The number of benzene rings is 2. The van der Waals surface area contributed by atoms with Crippen molar-refractivity contribution in [2.75, 3.05) is 36.8 Å². The van der Waals surface area contributed by atoms with Crippen LogP contribution in [0.2, 0.25) is 0 Å². The summed E-state index contributed by atoms with van der Waals surface area (Å²) in [4.78, 5) is 19.9. The lowest BCUT2D eigenvalue weighted by atomic mass is 9.93. The van der Waals surface area contributed by atoms with E-state index in [0.717, 1.165) is 38.1 Å². The molecule has 2 aromatic carbocycles. The normalized spacial score (nSPS) is 14.6. The summed E-state index contributed by atoms with van der Waals surface area (Å²) < 4.78 is 47.9. The van der Waals surface area contributed by atoms with Gasteiger partial charge < -0.3 is 26.0 Å². The van der Waals surface area contributed by atoms with Crippen molar-refractivity contribution in [3.05, 3.63) is 60.7 Å². The molecular weight excluding hydrogens is 497 g/mol. The van der Waals surface area contributed by atoms with Crippen LogP contribution in [0.4, 0.5) is 30.4 Å². The van der Waals surface area contributed by atoms with Gasteiger partial charge in [0.05, 0.1) is 23.0 Å². The van der Waals surface area contributed by atoms with Crippen LogP contribution in [0.15, 0.2) is 43.2 Å². The van der Waals surface area contributed by atoms with E-state index < -0.39 is 17.5 Å². The van der Waals surface area contributed by atoms with Crippen molar-refractivity contribution in [2.24, 2.45) is 5.92 Å². The van der Waals surface area contributed by atoms with Crippen molar-refractivity contribution < 1.29 is 22.7 Å². The number of nitrogens with one attached hydrogen (secondary N) is 4. The molecule has 0 aliphatic carbocycles. The van der Waals surface area contributed by atoms with Gasteiger partial charge in [0.2, 0.25) is 5.91 Å². The summed E-state index contributed by atoms with van der Waals surface area (Å²) in [6.07, 6.45) is 5.13. The molecule has 1 atom stereocenters. The molecule has 0 radical (unpaired) electrons. The fourth-order valence-corrected chi connectivity index (χ4v) is 4.37. The highest BCUT2D eigenvalue weighted by atomic mass is 19.2. The number of aromatic nitrogens is 2. The van der Waals surface area contributed by atoms with E-state index in [0.29, 0.717) is 47.8 Å². The largest absolute Gasteiger partial charge is 0.488 e. The SMILES string of the molecule is C=CC(=O)NCCCNc1cc2c(Nc3ccc(F)c(F)c3F)ncnc2cc1OC(C)C1CCNCC1. The van der Waals surface area contributed by atoms with Gasteiger partial charge >= 0.3 is 0 Å².